The number of esters is 1. The molecule has 0 radical (unpaired) electrons. The molecular formula is C9H9NO4. The van der Waals surface area contributed by atoms with Crippen LogP contribution in [0.2, 0.25) is 0 Å². The number of carboxylic acids is 1. The van der Waals surface area contributed by atoms with Gasteiger partial charge in [-0.15, -0.1) is 0 Å². The van der Waals surface area contributed by atoms with Crippen molar-refractivity contribution in [3.8, 4) is 6.07 Å². The van der Waals surface area contributed by atoms with E-state index in [0.29, 0.717) is 6.42 Å². The molecule has 0 aromatic carbocycles. The molecule has 14 heavy (non-hydrogen) atoms. The van der Waals surface area contributed by atoms with Crippen LogP contribution in [0, 0.1) is 23.2 Å². The van der Waals surface area contributed by atoms with Gasteiger partial charge in [-0.25, -0.2) is 4.79 Å². The summed E-state index contributed by atoms with van der Waals surface area (Å²) in [5.74, 6) is -2.28. The van der Waals surface area contributed by atoms with Crippen LogP contribution < -0.4 is 0 Å². The zero-order valence-electron chi connectivity index (χ0n) is 7.56. The van der Waals surface area contributed by atoms with Crippen LogP contribution in [0.25, 0.3) is 0 Å². The van der Waals surface area contributed by atoms with Crippen LogP contribution in [0.4, 0.5) is 0 Å². The van der Waals surface area contributed by atoms with E-state index in [9.17, 15) is 9.59 Å². The van der Waals surface area contributed by atoms with Gasteiger partial charge in [0, 0.05) is 0 Å². The fourth-order valence-corrected chi connectivity index (χ4v) is 1.16. The summed E-state index contributed by atoms with van der Waals surface area (Å²) in [7, 11) is 1.18. The van der Waals surface area contributed by atoms with Gasteiger partial charge in [0.1, 0.15) is 11.6 Å². The molecule has 5 nitrogen and oxygen atoms in total. The summed E-state index contributed by atoms with van der Waals surface area (Å²) in [4.78, 5) is 21.4. The van der Waals surface area contributed by atoms with E-state index in [-0.39, 0.29) is 11.5 Å². The smallest absolute Gasteiger partial charge is 0.348 e. The largest absolute Gasteiger partial charge is 0.481 e. The number of nitrogens with zero attached hydrogens (tertiary/aromatic N) is 1. The van der Waals surface area contributed by atoms with Crippen LogP contribution in [0.5, 0.6) is 0 Å². The first-order chi connectivity index (χ1) is 6.60. The maximum absolute atomic E-state index is 10.9. The van der Waals surface area contributed by atoms with Crippen LogP contribution in [0.15, 0.2) is 11.6 Å². The Kier molecular flexibility index (Phi) is 2.87. The number of hydrogen-bond acceptors (Lipinski definition) is 4. The number of rotatable bonds is 3. The second-order valence-electron chi connectivity index (χ2n) is 3.03. The monoisotopic (exact) mass is 195 g/mol. The van der Waals surface area contributed by atoms with Crippen LogP contribution >= 0.6 is 0 Å². The molecule has 1 saturated carbocycles. The third-order valence-electron chi connectivity index (χ3n) is 2.06. The molecule has 1 unspecified atom stereocenters. The topological polar surface area (TPSA) is 87.4 Å². The van der Waals surface area contributed by atoms with Crippen LogP contribution in [-0.4, -0.2) is 24.2 Å². The van der Waals surface area contributed by atoms with Crippen molar-refractivity contribution >= 4 is 11.9 Å². The van der Waals surface area contributed by atoms with Crippen molar-refractivity contribution in [2.75, 3.05) is 7.11 Å². The van der Waals surface area contributed by atoms with Crippen molar-refractivity contribution in [2.24, 2.45) is 11.8 Å². The average molecular weight is 195 g/mol. The number of allylic oxidation sites excluding steroid dienone is 1. The van der Waals surface area contributed by atoms with E-state index in [2.05, 4.69) is 4.74 Å². The fraction of sp³-hybridized carbons (Fsp3) is 0.444. The molecule has 1 aliphatic rings. The Morgan fingerprint density at radius 3 is 2.64 bits per heavy atom. The van der Waals surface area contributed by atoms with Crippen molar-refractivity contribution in [3.05, 3.63) is 11.6 Å². The van der Waals surface area contributed by atoms with E-state index in [1.165, 1.54) is 13.2 Å². The second-order valence-corrected chi connectivity index (χ2v) is 3.03. The molecule has 0 amide bonds. The lowest BCUT2D eigenvalue weighted by molar-refractivity contribution is -0.139. The van der Waals surface area contributed by atoms with Gasteiger partial charge < -0.3 is 9.84 Å². The summed E-state index contributed by atoms with van der Waals surface area (Å²) >= 11 is 0. The lowest BCUT2D eigenvalue weighted by Gasteiger charge is -1.94. The Balaban J connectivity index is 2.65. The Morgan fingerprint density at radius 1 is 1.64 bits per heavy atom. The van der Waals surface area contributed by atoms with Crippen LogP contribution in [-0.2, 0) is 14.3 Å². The number of aliphatic carboxylic acids is 1. The highest BCUT2D eigenvalue weighted by Crippen LogP contribution is 2.40. The van der Waals surface area contributed by atoms with E-state index in [1.807, 2.05) is 0 Å². The van der Waals surface area contributed by atoms with Gasteiger partial charge >= 0.3 is 11.9 Å². The molecule has 1 N–H and O–H groups in total. The predicted octanol–water partition coefficient (Wildman–Crippen LogP) is 0.330. The van der Waals surface area contributed by atoms with Crippen molar-refractivity contribution in [1.82, 2.24) is 0 Å². The summed E-state index contributed by atoms with van der Waals surface area (Å²) in [5.41, 5.74) is -0.124. The number of ether oxygens (including phenoxy) is 1. The molecule has 74 valence electrons. The maximum Gasteiger partial charge on any atom is 0.348 e. The minimum absolute atomic E-state index is 0.124. The molecule has 0 aliphatic heterocycles. The van der Waals surface area contributed by atoms with E-state index in [4.69, 9.17) is 10.4 Å². The third kappa shape index (κ3) is 2.10. The van der Waals surface area contributed by atoms with Crippen molar-refractivity contribution in [2.45, 2.75) is 6.42 Å². The first kappa shape index (κ1) is 10.3. The minimum atomic E-state index is -0.895. The SMILES string of the molecule is COC(=O)/C(C#N)=C/C1C[C@H]1C(=O)O. The maximum atomic E-state index is 10.9. The molecule has 0 aromatic rings. The van der Waals surface area contributed by atoms with Crippen LogP contribution in [0.3, 0.4) is 0 Å². The zero-order valence-corrected chi connectivity index (χ0v) is 7.56. The van der Waals surface area contributed by atoms with E-state index in [1.54, 1.807) is 6.07 Å². The first-order valence-corrected chi connectivity index (χ1v) is 4.03. The highest BCUT2D eigenvalue weighted by Gasteiger charge is 2.42. The number of nitriles is 1. The Hall–Kier alpha value is -1.83. The zero-order chi connectivity index (χ0) is 10.7. The van der Waals surface area contributed by atoms with Gasteiger partial charge in [-0.05, 0) is 12.3 Å². The number of hydrogen-bond donors (Lipinski definition) is 1. The van der Waals surface area contributed by atoms with Gasteiger partial charge in [-0.1, -0.05) is 6.08 Å². The highest BCUT2D eigenvalue weighted by molar-refractivity contribution is 5.93. The highest BCUT2D eigenvalue weighted by atomic mass is 16.5. The Labute approximate surface area is 80.6 Å². The second kappa shape index (κ2) is 3.92. The lowest BCUT2D eigenvalue weighted by Crippen LogP contribution is -2.04. The van der Waals surface area contributed by atoms with E-state index < -0.39 is 17.9 Å². The molecule has 5 heteroatoms. The molecule has 0 bridgehead atoms. The fourth-order valence-electron chi connectivity index (χ4n) is 1.16. The van der Waals surface area contributed by atoms with Gasteiger partial charge in [0.15, 0.2) is 0 Å². The summed E-state index contributed by atoms with van der Waals surface area (Å²) in [6, 6.07) is 1.68. The third-order valence-corrected chi connectivity index (χ3v) is 2.06. The van der Waals surface area contributed by atoms with Crippen molar-refractivity contribution in [1.29, 1.82) is 5.26 Å². The molecule has 2 atom stereocenters. The van der Waals surface area contributed by atoms with E-state index in [0.717, 1.165) is 0 Å². The molecule has 1 fully saturated rings. The van der Waals surface area contributed by atoms with Gasteiger partial charge in [0.25, 0.3) is 0 Å². The average Bonchev–Trinajstić information content (AvgIpc) is 2.92. The summed E-state index contributed by atoms with van der Waals surface area (Å²) in [6.07, 6.45) is 1.85. The summed E-state index contributed by atoms with van der Waals surface area (Å²) in [6.45, 7) is 0. The molecular weight excluding hydrogens is 186 g/mol. The molecule has 0 saturated heterocycles. The van der Waals surface area contributed by atoms with E-state index >= 15 is 0 Å². The summed E-state index contributed by atoms with van der Waals surface area (Å²) < 4.78 is 4.35. The predicted molar refractivity (Wildman–Crippen MR) is 44.9 cm³/mol. The minimum Gasteiger partial charge on any atom is -0.481 e. The van der Waals surface area contributed by atoms with Gasteiger partial charge in [0.2, 0.25) is 0 Å². The normalized spacial score (nSPS) is 25.0. The molecule has 1 aliphatic carbocycles. The van der Waals surface area contributed by atoms with Crippen molar-refractivity contribution < 1.29 is 19.4 Å². The van der Waals surface area contributed by atoms with Gasteiger partial charge in [-0.2, -0.15) is 5.26 Å². The van der Waals surface area contributed by atoms with Gasteiger partial charge in [-0.3, -0.25) is 4.79 Å². The lowest BCUT2D eigenvalue weighted by atomic mass is 10.2. The molecule has 1 rings (SSSR count). The van der Waals surface area contributed by atoms with Gasteiger partial charge in [0.05, 0.1) is 13.0 Å². The molecule has 0 heterocycles. The number of methoxy groups -OCH3 is 1. The number of carbonyl (C=O) groups excluding carboxylic acids is 1. The quantitative estimate of drug-likeness (QED) is 0.398. The first-order valence-electron chi connectivity index (χ1n) is 4.03. The molecule has 0 spiro atoms. The van der Waals surface area contributed by atoms with Crippen LogP contribution in [0.1, 0.15) is 6.42 Å². The Morgan fingerprint density at radius 2 is 2.29 bits per heavy atom. The number of carboxylic acid groups (broad SMARTS) is 1. The standard InChI is InChI=1S/C9H9NO4/c1-14-9(13)6(4-10)2-5-3-7(5)8(11)12/h2,5,7H,3H2,1H3,(H,11,12)/b6-2+/t5?,7-/m1/s1. The number of carbonyl (C=O) groups is 2. The summed E-state index contributed by atoms with van der Waals surface area (Å²) in [5, 5.41) is 17.1. The Bertz CT molecular complexity index is 339. The molecule has 0 aromatic heterocycles. The van der Waals surface area contributed by atoms with Crippen molar-refractivity contribution in [3.63, 3.8) is 0 Å².